The fourth-order valence-corrected chi connectivity index (χ4v) is 1.88. The van der Waals surface area contributed by atoms with Crippen LogP contribution in [0.5, 0.6) is 0 Å². The SMILES string of the molecule is CNC(=O)c1ccc(CNCCC(=O)NC2CC2)cc1. The van der Waals surface area contributed by atoms with Crippen molar-refractivity contribution in [2.45, 2.75) is 31.8 Å². The first-order valence-corrected chi connectivity index (χ1v) is 7.00. The fraction of sp³-hybridized carbons (Fsp3) is 0.467. The Kier molecular flexibility index (Phi) is 5.12. The molecule has 0 radical (unpaired) electrons. The quantitative estimate of drug-likeness (QED) is 0.645. The summed E-state index contributed by atoms with van der Waals surface area (Å²) >= 11 is 0. The number of carbonyl (C=O) groups excluding carboxylic acids is 2. The summed E-state index contributed by atoms with van der Waals surface area (Å²) in [5.41, 5.74) is 1.75. The highest BCUT2D eigenvalue weighted by molar-refractivity contribution is 5.93. The minimum Gasteiger partial charge on any atom is -0.355 e. The number of carbonyl (C=O) groups is 2. The standard InChI is InChI=1S/C15H21N3O2/c1-16-15(20)12-4-2-11(3-5-12)10-17-9-8-14(19)18-13-6-7-13/h2-5,13,17H,6-10H2,1H3,(H,16,20)(H,18,19). The lowest BCUT2D eigenvalue weighted by molar-refractivity contribution is -0.121. The van der Waals surface area contributed by atoms with E-state index < -0.39 is 0 Å². The molecule has 0 aliphatic heterocycles. The zero-order valence-corrected chi connectivity index (χ0v) is 11.7. The zero-order chi connectivity index (χ0) is 14.4. The minimum absolute atomic E-state index is 0.0822. The molecule has 0 unspecified atom stereocenters. The molecule has 0 saturated heterocycles. The highest BCUT2D eigenvalue weighted by Crippen LogP contribution is 2.18. The van der Waals surface area contributed by atoms with Gasteiger partial charge in [0.05, 0.1) is 0 Å². The molecule has 3 N–H and O–H groups in total. The van der Waals surface area contributed by atoms with Crippen LogP contribution in [-0.4, -0.2) is 31.4 Å². The van der Waals surface area contributed by atoms with Crippen LogP contribution in [-0.2, 0) is 11.3 Å². The highest BCUT2D eigenvalue weighted by Gasteiger charge is 2.22. The summed E-state index contributed by atoms with van der Waals surface area (Å²) < 4.78 is 0. The van der Waals surface area contributed by atoms with Crippen LogP contribution >= 0.6 is 0 Å². The molecule has 0 heterocycles. The van der Waals surface area contributed by atoms with Crippen molar-refractivity contribution in [3.63, 3.8) is 0 Å². The summed E-state index contributed by atoms with van der Waals surface area (Å²) in [4.78, 5) is 22.8. The van der Waals surface area contributed by atoms with Crippen LogP contribution in [0.2, 0.25) is 0 Å². The Morgan fingerprint density at radius 3 is 2.50 bits per heavy atom. The minimum atomic E-state index is -0.0822. The second-order valence-corrected chi connectivity index (χ2v) is 5.04. The van der Waals surface area contributed by atoms with Gasteiger partial charge < -0.3 is 16.0 Å². The van der Waals surface area contributed by atoms with Gasteiger partial charge in [-0.05, 0) is 30.5 Å². The molecule has 0 aromatic heterocycles. The summed E-state index contributed by atoms with van der Waals surface area (Å²) in [5.74, 6) is 0.0382. The Morgan fingerprint density at radius 2 is 1.90 bits per heavy atom. The Morgan fingerprint density at radius 1 is 1.20 bits per heavy atom. The first-order valence-electron chi connectivity index (χ1n) is 7.00. The maximum absolute atomic E-state index is 11.5. The Balaban J connectivity index is 1.65. The Hall–Kier alpha value is -1.88. The molecule has 0 atom stereocenters. The summed E-state index contributed by atoms with van der Waals surface area (Å²) in [5, 5.41) is 8.77. The lowest BCUT2D eigenvalue weighted by Gasteiger charge is -2.06. The second kappa shape index (κ2) is 7.05. The first-order chi connectivity index (χ1) is 9.69. The van der Waals surface area contributed by atoms with Gasteiger partial charge in [0.1, 0.15) is 0 Å². The normalized spacial score (nSPS) is 13.8. The van der Waals surface area contributed by atoms with Crippen molar-refractivity contribution < 1.29 is 9.59 Å². The third-order valence-corrected chi connectivity index (χ3v) is 3.24. The van der Waals surface area contributed by atoms with Gasteiger partial charge in [0.15, 0.2) is 0 Å². The molecule has 20 heavy (non-hydrogen) atoms. The van der Waals surface area contributed by atoms with E-state index in [9.17, 15) is 9.59 Å². The lowest BCUT2D eigenvalue weighted by atomic mass is 10.1. The second-order valence-electron chi connectivity index (χ2n) is 5.04. The Bertz CT molecular complexity index is 467. The number of amides is 2. The van der Waals surface area contributed by atoms with Gasteiger partial charge in [-0.2, -0.15) is 0 Å². The molecule has 2 rings (SSSR count). The zero-order valence-electron chi connectivity index (χ0n) is 11.7. The molecular formula is C15H21N3O2. The van der Waals surface area contributed by atoms with E-state index in [1.54, 1.807) is 19.2 Å². The molecule has 5 heteroatoms. The van der Waals surface area contributed by atoms with E-state index in [2.05, 4.69) is 16.0 Å². The summed E-state index contributed by atoms with van der Waals surface area (Å²) in [6.07, 6.45) is 2.75. The van der Waals surface area contributed by atoms with Gasteiger partial charge in [-0.1, -0.05) is 12.1 Å². The van der Waals surface area contributed by atoms with Crippen LogP contribution in [0.1, 0.15) is 35.2 Å². The molecule has 1 fully saturated rings. The van der Waals surface area contributed by atoms with Gasteiger partial charge >= 0.3 is 0 Å². The molecule has 1 aromatic rings. The van der Waals surface area contributed by atoms with Crippen molar-refractivity contribution in [1.82, 2.24) is 16.0 Å². The van der Waals surface area contributed by atoms with Gasteiger partial charge in [-0.25, -0.2) is 0 Å². The fourth-order valence-electron chi connectivity index (χ4n) is 1.88. The van der Waals surface area contributed by atoms with Crippen molar-refractivity contribution in [3.8, 4) is 0 Å². The predicted octanol–water partition coefficient (Wildman–Crippen LogP) is 0.804. The van der Waals surface area contributed by atoms with E-state index in [1.807, 2.05) is 12.1 Å². The van der Waals surface area contributed by atoms with Gasteiger partial charge in [0.25, 0.3) is 5.91 Å². The molecule has 108 valence electrons. The van der Waals surface area contributed by atoms with Crippen molar-refractivity contribution in [3.05, 3.63) is 35.4 Å². The predicted molar refractivity (Wildman–Crippen MR) is 77.3 cm³/mol. The largest absolute Gasteiger partial charge is 0.355 e. The van der Waals surface area contributed by atoms with Crippen LogP contribution in [0.4, 0.5) is 0 Å². The molecule has 0 spiro atoms. The highest BCUT2D eigenvalue weighted by atomic mass is 16.2. The molecule has 1 saturated carbocycles. The number of hydrogen-bond acceptors (Lipinski definition) is 3. The van der Waals surface area contributed by atoms with Gasteiger partial charge in [0, 0.05) is 38.2 Å². The van der Waals surface area contributed by atoms with E-state index in [0.29, 0.717) is 31.1 Å². The summed E-state index contributed by atoms with van der Waals surface area (Å²) in [7, 11) is 1.62. The summed E-state index contributed by atoms with van der Waals surface area (Å²) in [6, 6.07) is 7.87. The summed E-state index contributed by atoms with van der Waals surface area (Å²) in [6.45, 7) is 1.36. The third kappa shape index (κ3) is 4.66. The van der Waals surface area contributed by atoms with E-state index in [1.165, 1.54) is 0 Å². The van der Waals surface area contributed by atoms with Crippen molar-refractivity contribution >= 4 is 11.8 Å². The monoisotopic (exact) mass is 275 g/mol. The molecule has 1 aliphatic rings. The lowest BCUT2D eigenvalue weighted by Crippen LogP contribution is -2.29. The third-order valence-electron chi connectivity index (χ3n) is 3.24. The van der Waals surface area contributed by atoms with Crippen LogP contribution < -0.4 is 16.0 Å². The molecule has 1 aliphatic carbocycles. The van der Waals surface area contributed by atoms with Crippen LogP contribution in [0.25, 0.3) is 0 Å². The molecule has 5 nitrogen and oxygen atoms in total. The average molecular weight is 275 g/mol. The molecule has 1 aromatic carbocycles. The number of benzene rings is 1. The molecule has 0 bridgehead atoms. The van der Waals surface area contributed by atoms with E-state index >= 15 is 0 Å². The van der Waals surface area contributed by atoms with Crippen LogP contribution in [0, 0.1) is 0 Å². The molecule has 2 amide bonds. The average Bonchev–Trinajstić information content (AvgIpc) is 3.27. The molecular weight excluding hydrogens is 254 g/mol. The van der Waals surface area contributed by atoms with Crippen molar-refractivity contribution in [2.24, 2.45) is 0 Å². The van der Waals surface area contributed by atoms with Crippen molar-refractivity contribution in [1.29, 1.82) is 0 Å². The maximum Gasteiger partial charge on any atom is 0.251 e. The van der Waals surface area contributed by atoms with E-state index in [4.69, 9.17) is 0 Å². The Labute approximate surface area is 119 Å². The van der Waals surface area contributed by atoms with E-state index in [0.717, 1.165) is 18.4 Å². The van der Waals surface area contributed by atoms with Crippen LogP contribution in [0.3, 0.4) is 0 Å². The number of hydrogen-bond donors (Lipinski definition) is 3. The van der Waals surface area contributed by atoms with Crippen molar-refractivity contribution in [2.75, 3.05) is 13.6 Å². The maximum atomic E-state index is 11.5. The smallest absolute Gasteiger partial charge is 0.251 e. The van der Waals surface area contributed by atoms with Gasteiger partial charge in [0.2, 0.25) is 5.91 Å². The van der Waals surface area contributed by atoms with Gasteiger partial charge in [-0.3, -0.25) is 9.59 Å². The van der Waals surface area contributed by atoms with Crippen LogP contribution in [0.15, 0.2) is 24.3 Å². The topological polar surface area (TPSA) is 70.2 Å². The number of rotatable bonds is 7. The number of nitrogens with one attached hydrogen (secondary N) is 3. The van der Waals surface area contributed by atoms with E-state index in [-0.39, 0.29) is 11.8 Å². The van der Waals surface area contributed by atoms with Gasteiger partial charge in [-0.15, -0.1) is 0 Å². The first kappa shape index (κ1) is 14.5.